The standard InChI is InChI=1S/C20H23NO2S/c1-23-17-8-6-16(7-9-17)20(12-2-3-13-20)15-21-19(22)11-10-18-5-4-14-24-18/h4-11,14H,2-3,12-13,15H2,1H3,(H,21,22)/b11-10+. The molecule has 4 heteroatoms. The van der Waals surface area contributed by atoms with Gasteiger partial charge in [-0.15, -0.1) is 11.3 Å². The average Bonchev–Trinajstić information content (AvgIpc) is 3.31. The molecule has 0 atom stereocenters. The quantitative estimate of drug-likeness (QED) is 0.791. The largest absolute Gasteiger partial charge is 0.497 e. The second-order valence-corrected chi connectivity index (χ2v) is 7.26. The number of nitrogens with one attached hydrogen (secondary N) is 1. The maximum Gasteiger partial charge on any atom is 0.244 e. The average molecular weight is 341 g/mol. The Bertz CT molecular complexity index is 683. The summed E-state index contributed by atoms with van der Waals surface area (Å²) in [6, 6.07) is 12.3. The molecule has 1 fully saturated rings. The number of benzene rings is 1. The summed E-state index contributed by atoms with van der Waals surface area (Å²) in [4.78, 5) is 13.2. The number of hydrogen-bond donors (Lipinski definition) is 1. The number of carbonyl (C=O) groups excluding carboxylic acids is 1. The molecule has 1 heterocycles. The Balaban J connectivity index is 1.66. The summed E-state index contributed by atoms with van der Waals surface area (Å²) < 4.78 is 5.25. The minimum Gasteiger partial charge on any atom is -0.497 e. The van der Waals surface area contributed by atoms with Crippen LogP contribution in [0.25, 0.3) is 6.08 Å². The third-order valence-electron chi connectivity index (χ3n) is 4.81. The first-order valence-corrected chi connectivity index (χ1v) is 9.24. The molecular weight excluding hydrogens is 318 g/mol. The van der Waals surface area contributed by atoms with E-state index < -0.39 is 0 Å². The van der Waals surface area contributed by atoms with Crippen LogP contribution >= 0.6 is 11.3 Å². The van der Waals surface area contributed by atoms with Gasteiger partial charge in [-0.05, 0) is 48.1 Å². The lowest BCUT2D eigenvalue weighted by atomic mass is 9.78. The first-order valence-electron chi connectivity index (χ1n) is 8.36. The molecule has 1 amide bonds. The van der Waals surface area contributed by atoms with Gasteiger partial charge in [0.2, 0.25) is 5.91 Å². The minimum atomic E-state index is -0.0248. The third kappa shape index (κ3) is 3.88. The van der Waals surface area contributed by atoms with Gasteiger partial charge in [0.15, 0.2) is 0 Å². The van der Waals surface area contributed by atoms with E-state index >= 15 is 0 Å². The van der Waals surface area contributed by atoms with Crippen LogP contribution in [0.4, 0.5) is 0 Å². The highest BCUT2D eigenvalue weighted by Gasteiger charge is 2.35. The van der Waals surface area contributed by atoms with Gasteiger partial charge in [-0.3, -0.25) is 4.79 Å². The van der Waals surface area contributed by atoms with E-state index in [2.05, 4.69) is 17.4 Å². The molecule has 2 aromatic rings. The van der Waals surface area contributed by atoms with Crippen molar-refractivity contribution in [3.63, 3.8) is 0 Å². The van der Waals surface area contributed by atoms with Gasteiger partial charge >= 0.3 is 0 Å². The van der Waals surface area contributed by atoms with E-state index in [0.29, 0.717) is 6.54 Å². The summed E-state index contributed by atoms with van der Waals surface area (Å²) >= 11 is 1.63. The topological polar surface area (TPSA) is 38.3 Å². The van der Waals surface area contributed by atoms with Crippen LogP contribution in [-0.2, 0) is 10.2 Å². The number of carbonyl (C=O) groups is 1. The lowest BCUT2D eigenvalue weighted by Crippen LogP contribution is -2.38. The fourth-order valence-corrected chi connectivity index (χ4v) is 4.04. The summed E-state index contributed by atoms with van der Waals surface area (Å²) in [5.74, 6) is 0.845. The Morgan fingerprint density at radius 1 is 1.25 bits per heavy atom. The van der Waals surface area contributed by atoms with Gasteiger partial charge in [0.1, 0.15) is 5.75 Å². The summed E-state index contributed by atoms with van der Waals surface area (Å²) in [5, 5.41) is 5.11. The lowest BCUT2D eigenvalue weighted by molar-refractivity contribution is -0.116. The van der Waals surface area contributed by atoms with Crippen molar-refractivity contribution in [3.05, 3.63) is 58.3 Å². The summed E-state index contributed by atoms with van der Waals surface area (Å²) in [6.45, 7) is 0.687. The number of thiophene rings is 1. The van der Waals surface area contributed by atoms with Crippen LogP contribution in [0.1, 0.15) is 36.1 Å². The Morgan fingerprint density at radius 3 is 2.62 bits per heavy atom. The van der Waals surface area contributed by atoms with E-state index in [0.717, 1.165) is 23.5 Å². The molecule has 0 saturated heterocycles. The van der Waals surface area contributed by atoms with Crippen LogP contribution in [0.5, 0.6) is 5.75 Å². The molecule has 3 nitrogen and oxygen atoms in total. The second kappa shape index (κ2) is 7.67. The van der Waals surface area contributed by atoms with Crippen molar-refractivity contribution in [2.45, 2.75) is 31.1 Å². The molecule has 1 N–H and O–H groups in total. The van der Waals surface area contributed by atoms with Gasteiger partial charge in [-0.25, -0.2) is 0 Å². The molecule has 1 aliphatic rings. The Labute approximate surface area is 147 Å². The van der Waals surface area contributed by atoms with Crippen molar-refractivity contribution in [2.24, 2.45) is 0 Å². The smallest absolute Gasteiger partial charge is 0.244 e. The number of rotatable bonds is 6. The van der Waals surface area contributed by atoms with Gasteiger partial charge in [0, 0.05) is 22.9 Å². The summed E-state index contributed by atoms with van der Waals surface area (Å²) in [5.41, 5.74) is 1.35. The second-order valence-electron chi connectivity index (χ2n) is 6.28. The highest BCUT2D eigenvalue weighted by molar-refractivity contribution is 7.10. The number of ether oxygens (including phenoxy) is 1. The number of hydrogen-bond acceptors (Lipinski definition) is 3. The monoisotopic (exact) mass is 341 g/mol. The Morgan fingerprint density at radius 2 is 2.00 bits per heavy atom. The van der Waals surface area contributed by atoms with Gasteiger partial charge in [-0.1, -0.05) is 31.0 Å². The molecule has 0 aliphatic heterocycles. The fourth-order valence-electron chi connectivity index (χ4n) is 3.42. The Hall–Kier alpha value is -2.07. The van der Waals surface area contributed by atoms with E-state index in [9.17, 15) is 4.79 Å². The summed E-state index contributed by atoms with van der Waals surface area (Å²) in [6.07, 6.45) is 8.17. The zero-order chi connectivity index (χ0) is 16.8. The lowest BCUT2D eigenvalue weighted by Gasteiger charge is -2.30. The zero-order valence-electron chi connectivity index (χ0n) is 14.0. The molecule has 0 radical (unpaired) electrons. The predicted octanol–water partition coefficient (Wildman–Crippen LogP) is 4.40. The highest BCUT2D eigenvalue weighted by atomic mass is 32.1. The first kappa shape index (κ1) is 16.8. The van der Waals surface area contributed by atoms with E-state index in [1.165, 1.54) is 18.4 Å². The molecule has 1 aromatic carbocycles. The molecule has 0 unspecified atom stereocenters. The molecule has 1 aromatic heterocycles. The first-order chi connectivity index (χ1) is 11.7. The number of amides is 1. The van der Waals surface area contributed by atoms with E-state index in [1.807, 2.05) is 35.7 Å². The summed E-state index contributed by atoms with van der Waals surface area (Å²) in [7, 11) is 1.68. The van der Waals surface area contributed by atoms with Crippen LogP contribution in [0.3, 0.4) is 0 Å². The molecule has 126 valence electrons. The maximum absolute atomic E-state index is 12.2. The van der Waals surface area contributed by atoms with Gasteiger partial charge < -0.3 is 10.1 Å². The van der Waals surface area contributed by atoms with Crippen LogP contribution < -0.4 is 10.1 Å². The molecule has 1 aliphatic carbocycles. The molecule has 1 saturated carbocycles. The van der Waals surface area contributed by atoms with E-state index in [4.69, 9.17) is 4.74 Å². The van der Waals surface area contributed by atoms with E-state index in [1.54, 1.807) is 24.5 Å². The maximum atomic E-state index is 12.2. The van der Waals surface area contributed by atoms with E-state index in [-0.39, 0.29) is 11.3 Å². The van der Waals surface area contributed by atoms with Gasteiger partial charge in [-0.2, -0.15) is 0 Å². The van der Waals surface area contributed by atoms with Crippen molar-refractivity contribution in [2.75, 3.05) is 13.7 Å². The van der Waals surface area contributed by atoms with Gasteiger partial charge in [0.25, 0.3) is 0 Å². The molecular formula is C20H23NO2S. The fraction of sp³-hybridized carbons (Fsp3) is 0.350. The van der Waals surface area contributed by atoms with Crippen molar-refractivity contribution >= 4 is 23.3 Å². The minimum absolute atomic E-state index is 0.0248. The van der Waals surface area contributed by atoms with Crippen LogP contribution in [0.15, 0.2) is 47.9 Å². The van der Waals surface area contributed by atoms with Crippen molar-refractivity contribution in [1.82, 2.24) is 5.32 Å². The third-order valence-corrected chi connectivity index (χ3v) is 5.64. The molecule has 0 bridgehead atoms. The molecule has 0 spiro atoms. The van der Waals surface area contributed by atoms with Crippen LogP contribution in [-0.4, -0.2) is 19.6 Å². The van der Waals surface area contributed by atoms with Crippen LogP contribution in [0.2, 0.25) is 0 Å². The van der Waals surface area contributed by atoms with Gasteiger partial charge in [0.05, 0.1) is 7.11 Å². The zero-order valence-corrected chi connectivity index (χ0v) is 14.8. The van der Waals surface area contributed by atoms with Crippen molar-refractivity contribution in [1.29, 1.82) is 0 Å². The van der Waals surface area contributed by atoms with Crippen molar-refractivity contribution < 1.29 is 9.53 Å². The predicted molar refractivity (Wildman–Crippen MR) is 99.5 cm³/mol. The molecule has 24 heavy (non-hydrogen) atoms. The highest BCUT2D eigenvalue weighted by Crippen LogP contribution is 2.41. The SMILES string of the molecule is COc1ccc(C2(CNC(=O)/C=C/c3cccs3)CCCC2)cc1. The van der Waals surface area contributed by atoms with Crippen LogP contribution in [0, 0.1) is 0 Å². The molecule has 3 rings (SSSR count). The number of methoxy groups -OCH3 is 1. The van der Waals surface area contributed by atoms with Crippen molar-refractivity contribution in [3.8, 4) is 5.75 Å². The Kier molecular flexibility index (Phi) is 5.36. The normalized spacial score (nSPS) is 16.4.